The quantitative estimate of drug-likeness (QED) is 0.839. The molecule has 1 N–H and O–H groups in total. The van der Waals surface area contributed by atoms with Gasteiger partial charge in [-0.3, -0.25) is 0 Å². The first kappa shape index (κ1) is 12.9. The Balaban J connectivity index is 1.94. The number of hydrogen-bond acceptors (Lipinski definition) is 2. The second-order valence-corrected chi connectivity index (χ2v) is 5.91. The molecule has 18 heavy (non-hydrogen) atoms. The zero-order valence-electron chi connectivity index (χ0n) is 9.90. The smallest absolute Gasteiger partial charge is 0.376 e. The van der Waals surface area contributed by atoms with Gasteiger partial charge < -0.3 is 9.42 Å². The van der Waals surface area contributed by atoms with Gasteiger partial charge >= 0.3 is 7.60 Å². The summed E-state index contributed by atoms with van der Waals surface area (Å²) in [5.41, 5.74) is 1.03. The average molecular weight is 262 g/mol. The normalized spacial score (nSPS) is 13.8. The third kappa shape index (κ3) is 4.02. The van der Waals surface area contributed by atoms with Gasteiger partial charge in [0.15, 0.2) is 0 Å². The Hall–Kier alpha value is -1.57. The van der Waals surface area contributed by atoms with Crippen molar-refractivity contribution in [3.63, 3.8) is 0 Å². The van der Waals surface area contributed by atoms with Crippen LogP contribution in [0.4, 0.5) is 0 Å². The summed E-state index contributed by atoms with van der Waals surface area (Å²) in [5, 5.41) is 0. The van der Waals surface area contributed by atoms with Crippen molar-refractivity contribution in [1.29, 1.82) is 0 Å². The van der Waals surface area contributed by atoms with Gasteiger partial charge in [-0.1, -0.05) is 48.5 Å². The van der Waals surface area contributed by atoms with Crippen LogP contribution in [-0.2, 0) is 11.0 Å². The number of benzene rings is 2. The van der Waals surface area contributed by atoms with E-state index in [0.29, 0.717) is 12.2 Å². The molecule has 0 spiro atoms. The molecule has 0 bridgehead atoms. The maximum absolute atomic E-state index is 11.9. The summed E-state index contributed by atoms with van der Waals surface area (Å²) in [6.07, 6.45) is 0.646. The average Bonchev–Trinajstić information content (AvgIpc) is 2.38. The van der Waals surface area contributed by atoms with Crippen molar-refractivity contribution in [3.8, 4) is 5.75 Å². The Bertz CT molecular complexity index is 525. The van der Waals surface area contributed by atoms with Crippen LogP contribution in [0.3, 0.4) is 0 Å². The molecule has 0 aliphatic rings. The highest BCUT2D eigenvalue weighted by Gasteiger charge is 2.20. The van der Waals surface area contributed by atoms with Crippen LogP contribution < -0.4 is 4.52 Å². The van der Waals surface area contributed by atoms with Crippen LogP contribution in [0.1, 0.15) is 5.56 Å². The van der Waals surface area contributed by atoms with Crippen LogP contribution in [0.2, 0.25) is 0 Å². The van der Waals surface area contributed by atoms with Crippen LogP contribution in [0.25, 0.3) is 0 Å². The van der Waals surface area contributed by atoms with Crippen molar-refractivity contribution in [3.05, 3.63) is 66.2 Å². The molecule has 0 saturated carbocycles. The molecule has 2 aromatic rings. The lowest BCUT2D eigenvalue weighted by Gasteiger charge is -2.13. The number of aryl methyl sites for hydroxylation is 1. The van der Waals surface area contributed by atoms with E-state index < -0.39 is 7.60 Å². The van der Waals surface area contributed by atoms with Crippen molar-refractivity contribution >= 4 is 7.60 Å². The lowest BCUT2D eigenvalue weighted by Crippen LogP contribution is -2.00. The molecule has 94 valence electrons. The van der Waals surface area contributed by atoms with Crippen LogP contribution in [0.5, 0.6) is 5.75 Å². The van der Waals surface area contributed by atoms with Crippen molar-refractivity contribution in [2.45, 2.75) is 6.42 Å². The van der Waals surface area contributed by atoms with Crippen LogP contribution in [0.15, 0.2) is 60.7 Å². The number of hydrogen-bond donors (Lipinski definition) is 1. The minimum atomic E-state index is -3.58. The summed E-state index contributed by atoms with van der Waals surface area (Å²) in [7, 11) is -3.58. The second-order valence-electron chi connectivity index (χ2n) is 4.00. The van der Waals surface area contributed by atoms with Gasteiger partial charge in [-0.2, -0.15) is 0 Å². The van der Waals surface area contributed by atoms with Gasteiger partial charge in [-0.05, 0) is 24.1 Å². The molecule has 0 aromatic heterocycles. The van der Waals surface area contributed by atoms with Gasteiger partial charge in [-0.15, -0.1) is 0 Å². The first-order chi connectivity index (χ1) is 8.66. The highest BCUT2D eigenvalue weighted by atomic mass is 31.2. The van der Waals surface area contributed by atoms with Crippen molar-refractivity contribution < 1.29 is 14.0 Å². The van der Waals surface area contributed by atoms with Crippen LogP contribution in [-0.4, -0.2) is 11.1 Å². The van der Waals surface area contributed by atoms with Gasteiger partial charge in [-0.25, -0.2) is 4.57 Å². The molecule has 0 fully saturated rings. The third-order valence-corrected chi connectivity index (χ3v) is 3.80. The van der Waals surface area contributed by atoms with Crippen LogP contribution >= 0.6 is 7.60 Å². The molecule has 0 aliphatic carbocycles. The van der Waals surface area contributed by atoms with E-state index in [1.807, 2.05) is 36.4 Å². The van der Waals surface area contributed by atoms with E-state index in [1.165, 1.54) is 0 Å². The second kappa shape index (κ2) is 5.85. The lowest BCUT2D eigenvalue weighted by atomic mass is 10.2. The van der Waals surface area contributed by atoms with E-state index in [4.69, 9.17) is 4.52 Å². The van der Waals surface area contributed by atoms with Crippen LogP contribution in [0, 0.1) is 0 Å². The Kier molecular flexibility index (Phi) is 4.19. The highest BCUT2D eigenvalue weighted by Crippen LogP contribution is 2.42. The molecule has 0 heterocycles. The standard InChI is InChI=1S/C14H15O3P/c15-18(16,17-14-9-5-2-6-10-14)12-11-13-7-3-1-4-8-13/h1-10H,11-12H2,(H,15,16). The predicted molar refractivity (Wildman–Crippen MR) is 71.9 cm³/mol. The van der Waals surface area contributed by atoms with E-state index in [0.717, 1.165) is 5.56 Å². The molecule has 0 saturated heterocycles. The zero-order chi connectivity index (χ0) is 12.8. The first-order valence-corrected chi connectivity index (χ1v) is 7.52. The third-order valence-electron chi connectivity index (χ3n) is 2.52. The summed E-state index contributed by atoms with van der Waals surface area (Å²) in [6, 6.07) is 18.3. The molecule has 2 rings (SSSR count). The summed E-state index contributed by atoms with van der Waals surface area (Å²) in [4.78, 5) is 9.76. The molecule has 3 nitrogen and oxygen atoms in total. The Morgan fingerprint density at radius 1 is 0.944 bits per heavy atom. The van der Waals surface area contributed by atoms with E-state index >= 15 is 0 Å². The zero-order valence-corrected chi connectivity index (χ0v) is 10.8. The molecular formula is C14H15O3P. The molecule has 4 heteroatoms. The highest BCUT2D eigenvalue weighted by molar-refractivity contribution is 7.53. The minimum absolute atomic E-state index is 0.117. The van der Waals surface area contributed by atoms with Crippen molar-refractivity contribution in [2.24, 2.45) is 0 Å². The van der Waals surface area contributed by atoms with E-state index in [-0.39, 0.29) is 6.16 Å². The van der Waals surface area contributed by atoms with Gasteiger partial charge in [0, 0.05) is 0 Å². The fourth-order valence-electron chi connectivity index (χ4n) is 1.61. The number of para-hydroxylation sites is 1. The Morgan fingerprint density at radius 2 is 1.50 bits per heavy atom. The maximum atomic E-state index is 11.9. The van der Waals surface area contributed by atoms with Gasteiger partial charge in [0.25, 0.3) is 0 Å². The summed E-state index contributed by atoms with van der Waals surface area (Å²) in [5.74, 6) is 0.427. The minimum Gasteiger partial charge on any atom is -0.424 e. The summed E-state index contributed by atoms with van der Waals surface area (Å²) < 4.78 is 17.0. The Labute approximate surface area is 107 Å². The molecular weight excluding hydrogens is 247 g/mol. The molecule has 2 aromatic carbocycles. The first-order valence-electron chi connectivity index (χ1n) is 5.76. The monoisotopic (exact) mass is 262 g/mol. The van der Waals surface area contributed by atoms with E-state index in [1.54, 1.807) is 24.3 Å². The molecule has 1 unspecified atom stereocenters. The molecule has 0 radical (unpaired) electrons. The van der Waals surface area contributed by atoms with Crippen molar-refractivity contribution in [1.82, 2.24) is 0 Å². The molecule has 0 aliphatic heterocycles. The summed E-state index contributed by atoms with van der Waals surface area (Å²) >= 11 is 0. The fraction of sp³-hybridized carbons (Fsp3) is 0.143. The lowest BCUT2D eigenvalue weighted by molar-refractivity contribution is 0.379. The van der Waals surface area contributed by atoms with Gasteiger partial charge in [0.1, 0.15) is 5.75 Å². The predicted octanol–water partition coefficient (Wildman–Crippen LogP) is 3.49. The van der Waals surface area contributed by atoms with E-state index in [2.05, 4.69) is 0 Å². The fourth-order valence-corrected chi connectivity index (χ4v) is 2.69. The topological polar surface area (TPSA) is 46.5 Å². The summed E-state index contributed by atoms with van der Waals surface area (Å²) in [6.45, 7) is 0. The maximum Gasteiger partial charge on any atom is 0.376 e. The van der Waals surface area contributed by atoms with E-state index in [9.17, 15) is 9.46 Å². The van der Waals surface area contributed by atoms with Crippen molar-refractivity contribution in [2.75, 3.05) is 6.16 Å². The SMILES string of the molecule is O=P(O)(CCc1ccccc1)Oc1ccccc1. The molecule has 1 atom stereocenters. The Morgan fingerprint density at radius 3 is 2.11 bits per heavy atom. The number of rotatable bonds is 5. The van der Waals surface area contributed by atoms with Gasteiger partial charge in [0.05, 0.1) is 6.16 Å². The largest absolute Gasteiger partial charge is 0.424 e. The molecule has 0 amide bonds. The van der Waals surface area contributed by atoms with Gasteiger partial charge in [0.2, 0.25) is 0 Å².